The monoisotopic (exact) mass is 328 g/mol. The van der Waals surface area contributed by atoms with Crippen molar-refractivity contribution in [2.45, 2.75) is 18.3 Å². The lowest BCUT2D eigenvalue weighted by molar-refractivity contribution is -0.140. The normalized spacial score (nSPS) is 17.0. The molecule has 0 radical (unpaired) electrons. The van der Waals surface area contributed by atoms with Gasteiger partial charge in [0.25, 0.3) is 0 Å². The van der Waals surface area contributed by atoms with Gasteiger partial charge in [-0.1, -0.05) is 11.6 Å². The standard InChI is InChI=1S/C10H5BrClF3O2/c11-4-3(10(1-2-10)9(16)17)6(13)8(15)5(12)7(4)14/h1-2H2,(H,16,17). The quantitative estimate of drug-likeness (QED) is 0.664. The third-order valence-corrected chi connectivity index (χ3v) is 3.92. The van der Waals surface area contributed by atoms with Crippen LogP contribution in [0.3, 0.4) is 0 Å². The average Bonchev–Trinajstić information content (AvgIpc) is 3.05. The van der Waals surface area contributed by atoms with Crippen molar-refractivity contribution < 1.29 is 23.1 Å². The molecule has 0 atom stereocenters. The second-order valence-corrected chi connectivity index (χ2v) is 5.00. The van der Waals surface area contributed by atoms with Gasteiger partial charge < -0.3 is 5.11 Å². The summed E-state index contributed by atoms with van der Waals surface area (Å²) in [5.74, 6) is -5.47. The first-order valence-electron chi connectivity index (χ1n) is 4.58. The first-order valence-corrected chi connectivity index (χ1v) is 5.75. The largest absolute Gasteiger partial charge is 0.481 e. The molecule has 1 N–H and O–H groups in total. The zero-order valence-electron chi connectivity index (χ0n) is 8.16. The van der Waals surface area contributed by atoms with Gasteiger partial charge in [-0.25, -0.2) is 13.2 Å². The second kappa shape index (κ2) is 3.88. The van der Waals surface area contributed by atoms with E-state index in [1.807, 2.05) is 0 Å². The molecule has 17 heavy (non-hydrogen) atoms. The fourth-order valence-corrected chi connectivity index (χ4v) is 2.76. The SMILES string of the molecule is O=C(O)C1(c2c(F)c(F)c(Cl)c(F)c2Br)CC1. The van der Waals surface area contributed by atoms with Crippen molar-refractivity contribution in [3.05, 3.63) is 32.5 Å². The maximum absolute atomic E-state index is 13.7. The Balaban J connectivity index is 2.76. The minimum atomic E-state index is -1.56. The van der Waals surface area contributed by atoms with E-state index in [1.165, 1.54) is 0 Å². The Labute approximate surface area is 108 Å². The highest BCUT2D eigenvalue weighted by Crippen LogP contribution is 2.53. The summed E-state index contributed by atoms with van der Waals surface area (Å²) in [5, 5.41) is 8.01. The lowest BCUT2D eigenvalue weighted by Gasteiger charge is -2.15. The number of halogens is 5. The molecular weight excluding hydrogens is 324 g/mol. The molecule has 0 amide bonds. The molecule has 7 heteroatoms. The summed E-state index contributed by atoms with van der Waals surface area (Å²) in [5.41, 5.74) is -2.06. The van der Waals surface area contributed by atoms with Crippen molar-refractivity contribution in [1.82, 2.24) is 0 Å². The van der Waals surface area contributed by atoms with Gasteiger partial charge in [0.2, 0.25) is 0 Å². The molecule has 92 valence electrons. The number of carbonyl (C=O) groups is 1. The highest BCUT2D eigenvalue weighted by Gasteiger charge is 2.55. The fraction of sp³-hybridized carbons (Fsp3) is 0.300. The molecule has 0 spiro atoms. The van der Waals surface area contributed by atoms with Crippen molar-refractivity contribution in [2.75, 3.05) is 0 Å². The number of carboxylic acids is 1. The predicted octanol–water partition coefficient (Wildman–Crippen LogP) is 3.64. The van der Waals surface area contributed by atoms with E-state index in [0.29, 0.717) is 0 Å². The zero-order chi connectivity index (χ0) is 13.0. The number of hydrogen-bond acceptors (Lipinski definition) is 1. The number of aliphatic carboxylic acids is 1. The van der Waals surface area contributed by atoms with Crippen LogP contribution in [0.4, 0.5) is 13.2 Å². The van der Waals surface area contributed by atoms with Gasteiger partial charge in [-0.15, -0.1) is 0 Å². The molecule has 1 aliphatic rings. The Hall–Kier alpha value is -0.750. The third-order valence-electron chi connectivity index (χ3n) is 2.85. The van der Waals surface area contributed by atoms with Gasteiger partial charge in [0.1, 0.15) is 5.02 Å². The Bertz CT molecular complexity index is 500. The minimum Gasteiger partial charge on any atom is -0.481 e. The molecule has 0 bridgehead atoms. The van der Waals surface area contributed by atoms with Crippen molar-refractivity contribution in [3.63, 3.8) is 0 Å². The summed E-state index contributed by atoms with van der Waals surface area (Å²) in [6.45, 7) is 0. The van der Waals surface area contributed by atoms with E-state index in [0.717, 1.165) is 0 Å². The molecule has 0 heterocycles. The summed E-state index contributed by atoms with van der Waals surface area (Å²) in [6, 6.07) is 0. The highest BCUT2D eigenvalue weighted by atomic mass is 79.9. The number of benzene rings is 1. The van der Waals surface area contributed by atoms with E-state index in [1.54, 1.807) is 0 Å². The molecule has 2 rings (SSSR count). The van der Waals surface area contributed by atoms with E-state index >= 15 is 0 Å². The highest BCUT2D eigenvalue weighted by molar-refractivity contribution is 9.10. The van der Waals surface area contributed by atoms with Crippen molar-refractivity contribution in [3.8, 4) is 0 Å². The number of hydrogen-bond donors (Lipinski definition) is 1. The fourth-order valence-electron chi connectivity index (χ4n) is 1.72. The van der Waals surface area contributed by atoms with Crippen LogP contribution in [0.15, 0.2) is 4.47 Å². The Kier molecular flexibility index (Phi) is 2.90. The summed E-state index contributed by atoms with van der Waals surface area (Å²) < 4.78 is 40.0. The van der Waals surface area contributed by atoms with Gasteiger partial charge in [0.05, 0.1) is 9.89 Å². The van der Waals surface area contributed by atoms with Crippen molar-refractivity contribution >= 4 is 33.5 Å². The van der Waals surface area contributed by atoms with Crippen LogP contribution in [0.5, 0.6) is 0 Å². The van der Waals surface area contributed by atoms with Gasteiger partial charge in [-0.3, -0.25) is 4.79 Å². The maximum Gasteiger partial charge on any atom is 0.314 e. The topological polar surface area (TPSA) is 37.3 Å². The minimum absolute atomic E-state index is 0.137. The Morgan fingerprint density at radius 2 is 1.76 bits per heavy atom. The van der Waals surface area contributed by atoms with Crippen LogP contribution in [0.2, 0.25) is 5.02 Å². The predicted molar refractivity (Wildman–Crippen MR) is 57.6 cm³/mol. The summed E-state index contributed by atoms with van der Waals surface area (Å²) in [7, 11) is 0. The molecule has 2 nitrogen and oxygen atoms in total. The summed E-state index contributed by atoms with van der Waals surface area (Å²) in [6.07, 6.45) is 0.275. The maximum atomic E-state index is 13.7. The van der Waals surface area contributed by atoms with E-state index in [4.69, 9.17) is 16.7 Å². The molecule has 1 fully saturated rings. The number of carboxylic acid groups (broad SMARTS) is 1. The van der Waals surface area contributed by atoms with Gasteiger partial charge in [-0.05, 0) is 28.8 Å². The van der Waals surface area contributed by atoms with Gasteiger partial charge in [0, 0.05) is 5.56 Å². The van der Waals surface area contributed by atoms with Crippen LogP contribution in [0.1, 0.15) is 18.4 Å². The molecule has 1 aromatic carbocycles. The number of rotatable bonds is 2. The van der Waals surface area contributed by atoms with E-state index in [2.05, 4.69) is 15.9 Å². The van der Waals surface area contributed by atoms with Crippen LogP contribution in [0.25, 0.3) is 0 Å². The first-order chi connectivity index (χ1) is 7.83. The Morgan fingerprint density at radius 3 is 2.18 bits per heavy atom. The molecular formula is C10H5BrClF3O2. The van der Waals surface area contributed by atoms with Gasteiger partial charge in [0.15, 0.2) is 17.5 Å². The van der Waals surface area contributed by atoms with Crippen LogP contribution in [-0.2, 0) is 10.2 Å². The third kappa shape index (κ3) is 1.65. The van der Waals surface area contributed by atoms with Gasteiger partial charge >= 0.3 is 5.97 Å². The summed E-state index contributed by atoms with van der Waals surface area (Å²) >= 11 is 7.97. The van der Waals surface area contributed by atoms with Crippen LogP contribution in [-0.4, -0.2) is 11.1 Å². The smallest absolute Gasteiger partial charge is 0.314 e. The molecule has 1 saturated carbocycles. The average molecular weight is 329 g/mol. The summed E-state index contributed by atoms with van der Waals surface area (Å²) in [4.78, 5) is 11.0. The molecule has 0 unspecified atom stereocenters. The van der Waals surface area contributed by atoms with Crippen LogP contribution in [0, 0.1) is 17.5 Å². The lowest BCUT2D eigenvalue weighted by atomic mass is 9.95. The van der Waals surface area contributed by atoms with Crippen LogP contribution >= 0.6 is 27.5 Å². The zero-order valence-corrected chi connectivity index (χ0v) is 10.5. The van der Waals surface area contributed by atoms with E-state index < -0.39 is 43.9 Å². The molecule has 0 aliphatic heterocycles. The second-order valence-electron chi connectivity index (χ2n) is 3.83. The van der Waals surface area contributed by atoms with Gasteiger partial charge in [-0.2, -0.15) is 0 Å². The van der Waals surface area contributed by atoms with E-state index in [9.17, 15) is 18.0 Å². The molecule has 0 aromatic heterocycles. The van der Waals surface area contributed by atoms with Crippen molar-refractivity contribution in [2.24, 2.45) is 0 Å². The molecule has 0 saturated heterocycles. The first kappa shape index (κ1) is 12.7. The van der Waals surface area contributed by atoms with Crippen molar-refractivity contribution in [1.29, 1.82) is 0 Å². The molecule has 1 aliphatic carbocycles. The Morgan fingerprint density at radius 1 is 1.24 bits per heavy atom. The molecule has 1 aromatic rings. The van der Waals surface area contributed by atoms with Crippen LogP contribution < -0.4 is 0 Å². The van der Waals surface area contributed by atoms with E-state index in [-0.39, 0.29) is 12.8 Å². The lowest BCUT2D eigenvalue weighted by Crippen LogP contribution is -2.23.